The second-order valence-corrected chi connectivity index (χ2v) is 7.04. The lowest BCUT2D eigenvalue weighted by Crippen LogP contribution is -2.62. The molecule has 0 aromatic rings. The van der Waals surface area contributed by atoms with Crippen LogP contribution in [0.15, 0.2) is 12.3 Å². The summed E-state index contributed by atoms with van der Waals surface area (Å²) in [7, 11) is 1.31. The fourth-order valence-corrected chi connectivity index (χ4v) is 3.39. The maximum atomic E-state index is 11.1. The molecule has 1 aliphatic rings. The molecule has 0 amide bonds. The highest BCUT2D eigenvalue weighted by Crippen LogP contribution is 2.37. The van der Waals surface area contributed by atoms with Gasteiger partial charge in [-0.05, 0) is 40.5 Å². The first-order valence-corrected chi connectivity index (χ1v) is 7.58. The highest BCUT2D eigenvalue weighted by Gasteiger charge is 2.44. The number of methoxy groups -OCH3 is 1. The van der Waals surface area contributed by atoms with E-state index in [4.69, 9.17) is 9.78 Å². The third kappa shape index (κ3) is 5.26. The smallest absolute Gasteiger partial charge is 0.313 e. The van der Waals surface area contributed by atoms with Crippen LogP contribution in [-0.2, 0) is 19.3 Å². The predicted molar refractivity (Wildman–Crippen MR) is 82.9 cm³/mol. The van der Waals surface area contributed by atoms with Gasteiger partial charge in [-0.25, -0.2) is 0 Å². The molecule has 0 bridgehead atoms. The van der Waals surface area contributed by atoms with Crippen LogP contribution in [0.25, 0.3) is 0 Å². The summed E-state index contributed by atoms with van der Waals surface area (Å²) in [6.45, 7) is 13.1. The monoisotopic (exact) mass is 315 g/mol. The lowest BCUT2D eigenvalue weighted by atomic mass is 9.78. The van der Waals surface area contributed by atoms with E-state index < -0.39 is 5.97 Å². The minimum atomic E-state index is -0.416. The van der Waals surface area contributed by atoms with Gasteiger partial charge in [-0.15, -0.1) is 0 Å². The van der Waals surface area contributed by atoms with Gasteiger partial charge in [0.2, 0.25) is 0 Å². The molecule has 6 heteroatoms. The first kappa shape index (κ1) is 18.9. The summed E-state index contributed by atoms with van der Waals surface area (Å²) in [4.78, 5) is 23.5. The number of likely N-dealkylation sites (tertiary alicyclic amines) is 1. The van der Waals surface area contributed by atoms with Gasteiger partial charge in [-0.2, -0.15) is 4.89 Å². The number of aliphatic hydroxyl groups is 1. The molecule has 0 radical (unpaired) electrons. The minimum absolute atomic E-state index is 0.0244. The lowest BCUT2D eigenvalue weighted by Gasteiger charge is -2.54. The molecule has 0 saturated carbocycles. The SMILES string of the molecule is C=C(CC(=O)OC)OOCCN1C(C)(C)CC(O)CC1(C)C. The lowest BCUT2D eigenvalue weighted by molar-refractivity contribution is -0.269. The number of carbonyl (C=O) groups excluding carboxylic acids is 1. The molecule has 1 aliphatic heterocycles. The van der Waals surface area contributed by atoms with Gasteiger partial charge in [0.1, 0.15) is 18.8 Å². The molecule has 1 rings (SSSR count). The Labute approximate surface area is 133 Å². The maximum absolute atomic E-state index is 11.1. The van der Waals surface area contributed by atoms with Crippen LogP contribution in [0.3, 0.4) is 0 Å². The number of aliphatic hydroxyl groups excluding tert-OH is 1. The van der Waals surface area contributed by atoms with Gasteiger partial charge in [0.15, 0.2) is 0 Å². The van der Waals surface area contributed by atoms with Crippen molar-refractivity contribution in [2.75, 3.05) is 20.3 Å². The Hall–Kier alpha value is -1.11. The molecule has 128 valence electrons. The van der Waals surface area contributed by atoms with Crippen molar-refractivity contribution in [3.05, 3.63) is 12.3 Å². The second-order valence-electron chi connectivity index (χ2n) is 7.04. The average Bonchev–Trinajstić information content (AvgIpc) is 2.34. The minimum Gasteiger partial charge on any atom is -0.469 e. The number of rotatable bonds is 7. The van der Waals surface area contributed by atoms with Gasteiger partial charge in [0.05, 0.1) is 13.2 Å². The molecule has 0 aromatic carbocycles. The Bertz CT molecular complexity index is 387. The number of carbonyl (C=O) groups is 1. The molecule has 0 spiro atoms. The summed E-state index contributed by atoms with van der Waals surface area (Å²) in [6, 6.07) is 0. The van der Waals surface area contributed by atoms with Crippen molar-refractivity contribution < 1.29 is 24.4 Å². The molecule has 1 saturated heterocycles. The number of esters is 1. The average molecular weight is 315 g/mol. The first-order valence-electron chi connectivity index (χ1n) is 7.58. The summed E-state index contributed by atoms with van der Waals surface area (Å²) in [5.41, 5.74) is -0.235. The molecule has 0 aromatic heterocycles. The van der Waals surface area contributed by atoms with Crippen molar-refractivity contribution in [2.24, 2.45) is 0 Å². The number of hydrogen-bond donors (Lipinski definition) is 1. The summed E-state index contributed by atoms with van der Waals surface area (Å²) in [5.74, 6) is -0.194. The fourth-order valence-electron chi connectivity index (χ4n) is 3.39. The predicted octanol–water partition coefficient (Wildman–Crippen LogP) is 2.03. The molecule has 22 heavy (non-hydrogen) atoms. The van der Waals surface area contributed by atoms with Crippen molar-refractivity contribution in [2.45, 2.75) is 64.1 Å². The van der Waals surface area contributed by atoms with E-state index in [-0.39, 0.29) is 29.4 Å². The van der Waals surface area contributed by atoms with Gasteiger partial charge in [0, 0.05) is 17.6 Å². The summed E-state index contributed by atoms with van der Waals surface area (Å²) in [5, 5.41) is 10.0. The zero-order chi connectivity index (χ0) is 17.0. The molecule has 1 N–H and O–H groups in total. The van der Waals surface area contributed by atoms with Gasteiger partial charge in [-0.3, -0.25) is 9.69 Å². The topological polar surface area (TPSA) is 68.2 Å². The third-order valence-corrected chi connectivity index (χ3v) is 4.08. The van der Waals surface area contributed by atoms with Crippen LogP contribution >= 0.6 is 0 Å². The Morgan fingerprint density at radius 2 is 1.82 bits per heavy atom. The quantitative estimate of drug-likeness (QED) is 0.255. The zero-order valence-corrected chi connectivity index (χ0v) is 14.3. The van der Waals surface area contributed by atoms with Crippen molar-refractivity contribution in [1.82, 2.24) is 4.90 Å². The van der Waals surface area contributed by atoms with Crippen molar-refractivity contribution in [1.29, 1.82) is 0 Å². The number of piperidine rings is 1. The molecule has 1 heterocycles. The summed E-state index contributed by atoms with van der Waals surface area (Å²) in [6.07, 6.45) is 1.15. The van der Waals surface area contributed by atoms with E-state index in [1.807, 2.05) is 0 Å². The van der Waals surface area contributed by atoms with Gasteiger partial charge >= 0.3 is 5.97 Å². The molecular formula is C16H29NO5. The maximum Gasteiger partial charge on any atom is 0.313 e. The Morgan fingerprint density at radius 1 is 1.27 bits per heavy atom. The van der Waals surface area contributed by atoms with E-state index >= 15 is 0 Å². The summed E-state index contributed by atoms with van der Waals surface area (Å²) < 4.78 is 4.52. The van der Waals surface area contributed by atoms with Crippen LogP contribution in [-0.4, -0.2) is 53.4 Å². The van der Waals surface area contributed by atoms with Gasteiger partial charge in [0.25, 0.3) is 0 Å². The zero-order valence-electron chi connectivity index (χ0n) is 14.3. The van der Waals surface area contributed by atoms with Crippen molar-refractivity contribution in [3.63, 3.8) is 0 Å². The highest BCUT2D eigenvalue weighted by molar-refractivity contribution is 5.71. The molecule has 0 unspecified atom stereocenters. The highest BCUT2D eigenvalue weighted by atomic mass is 17.2. The van der Waals surface area contributed by atoms with Crippen LogP contribution in [0.1, 0.15) is 47.0 Å². The standard InChI is InChI=1S/C16H29NO5/c1-12(9-14(19)20-6)22-21-8-7-17-15(2,3)10-13(18)11-16(17,4)5/h13,18H,1,7-11H2,2-6H3. The third-order valence-electron chi connectivity index (χ3n) is 4.08. The van der Waals surface area contributed by atoms with Crippen molar-refractivity contribution in [3.8, 4) is 0 Å². The molecular weight excluding hydrogens is 286 g/mol. The van der Waals surface area contributed by atoms with Crippen molar-refractivity contribution >= 4 is 5.97 Å². The molecule has 1 fully saturated rings. The van der Waals surface area contributed by atoms with E-state index in [0.29, 0.717) is 13.2 Å². The van der Waals surface area contributed by atoms with E-state index in [1.54, 1.807) is 0 Å². The molecule has 0 aliphatic carbocycles. The molecule has 6 nitrogen and oxygen atoms in total. The Morgan fingerprint density at radius 3 is 2.32 bits per heavy atom. The number of hydrogen-bond acceptors (Lipinski definition) is 6. The van der Waals surface area contributed by atoms with Crippen LogP contribution in [0.5, 0.6) is 0 Å². The number of ether oxygens (including phenoxy) is 1. The number of nitrogens with zero attached hydrogens (tertiary/aromatic N) is 1. The van der Waals surface area contributed by atoms with E-state index in [2.05, 4.69) is 43.9 Å². The van der Waals surface area contributed by atoms with Crippen LogP contribution < -0.4 is 0 Å². The van der Waals surface area contributed by atoms with Crippen LogP contribution in [0.4, 0.5) is 0 Å². The summed E-state index contributed by atoms with van der Waals surface area (Å²) >= 11 is 0. The molecule has 0 atom stereocenters. The van der Waals surface area contributed by atoms with E-state index in [1.165, 1.54) is 7.11 Å². The Balaban J connectivity index is 2.43. The van der Waals surface area contributed by atoms with Gasteiger partial charge in [-0.1, -0.05) is 6.58 Å². The van der Waals surface area contributed by atoms with E-state index in [9.17, 15) is 9.90 Å². The van der Waals surface area contributed by atoms with Crippen LogP contribution in [0, 0.1) is 0 Å². The fraction of sp³-hybridized carbons (Fsp3) is 0.812. The van der Waals surface area contributed by atoms with Crippen LogP contribution in [0.2, 0.25) is 0 Å². The van der Waals surface area contributed by atoms with E-state index in [0.717, 1.165) is 12.8 Å². The second kappa shape index (κ2) is 7.44. The van der Waals surface area contributed by atoms with Gasteiger partial charge < -0.3 is 14.7 Å². The normalized spacial score (nSPS) is 21.4. The first-order chi connectivity index (χ1) is 10.1. The Kier molecular flexibility index (Phi) is 6.40. The largest absolute Gasteiger partial charge is 0.469 e.